The molecule has 0 aliphatic rings. The summed E-state index contributed by atoms with van der Waals surface area (Å²) in [5.74, 6) is 2.20. The molecule has 0 amide bonds. The van der Waals surface area contributed by atoms with Crippen LogP contribution in [0, 0.1) is 0 Å². The summed E-state index contributed by atoms with van der Waals surface area (Å²) in [5, 5.41) is 11.3. The molecule has 0 aliphatic heterocycles. The fourth-order valence-corrected chi connectivity index (χ4v) is 1.14. The van der Waals surface area contributed by atoms with Crippen LogP contribution in [0.4, 0.5) is 0 Å². The molecule has 0 rings (SSSR count). The van der Waals surface area contributed by atoms with Crippen molar-refractivity contribution in [2.24, 2.45) is 5.16 Å². The van der Waals surface area contributed by atoms with Gasteiger partial charge in [-0.2, -0.15) is 11.8 Å². The molecule has 3 heteroatoms. The molecule has 0 aromatic rings. The highest BCUT2D eigenvalue weighted by atomic mass is 32.2. The van der Waals surface area contributed by atoms with E-state index in [9.17, 15) is 0 Å². The zero-order valence-corrected chi connectivity index (χ0v) is 6.74. The Morgan fingerprint density at radius 1 is 1.67 bits per heavy atom. The number of oxime groups is 1. The summed E-state index contributed by atoms with van der Waals surface area (Å²) in [6.45, 7) is 3.95. The first-order valence-electron chi connectivity index (χ1n) is 3.06. The Morgan fingerprint density at radius 3 is 2.78 bits per heavy atom. The third kappa shape index (κ3) is 5.69. The lowest BCUT2D eigenvalue weighted by Gasteiger charge is -1.94. The maximum absolute atomic E-state index is 8.21. The van der Waals surface area contributed by atoms with Crippen LogP contribution in [0.5, 0.6) is 0 Å². The maximum atomic E-state index is 8.21. The molecule has 0 spiro atoms. The molecule has 0 aromatic carbocycles. The van der Waals surface area contributed by atoms with Gasteiger partial charge in [-0.15, -0.1) is 0 Å². The third-order valence-electron chi connectivity index (χ3n) is 0.983. The van der Waals surface area contributed by atoms with Crippen LogP contribution in [0.1, 0.15) is 20.3 Å². The second-order valence-electron chi connectivity index (χ2n) is 1.78. The van der Waals surface area contributed by atoms with E-state index < -0.39 is 0 Å². The average Bonchev–Trinajstić information content (AvgIpc) is 1.89. The summed E-state index contributed by atoms with van der Waals surface area (Å²) in [6.07, 6.45) is 0.898. The Hall–Kier alpha value is -0.180. The second kappa shape index (κ2) is 5.95. The Kier molecular flexibility index (Phi) is 5.83. The monoisotopic (exact) mass is 147 g/mol. The molecule has 9 heavy (non-hydrogen) atoms. The van der Waals surface area contributed by atoms with Gasteiger partial charge in [0.15, 0.2) is 0 Å². The fraction of sp³-hybridized carbons (Fsp3) is 0.833. The standard InChI is InChI=1S/C6H13NOS/c1-3-9-5-4-6(2)7-8/h8H,3-5H2,1-2H3/b7-6+. The average molecular weight is 147 g/mol. The van der Waals surface area contributed by atoms with Gasteiger partial charge in [-0.05, 0) is 24.9 Å². The first-order chi connectivity index (χ1) is 4.31. The van der Waals surface area contributed by atoms with E-state index in [-0.39, 0.29) is 0 Å². The molecular weight excluding hydrogens is 134 g/mol. The van der Waals surface area contributed by atoms with Crippen molar-refractivity contribution in [3.63, 3.8) is 0 Å². The number of hydrogen-bond donors (Lipinski definition) is 1. The first kappa shape index (κ1) is 8.82. The number of nitrogens with zero attached hydrogens (tertiary/aromatic N) is 1. The van der Waals surface area contributed by atoms with Crippen LogP contribution in [0.2, 0.25) is 0 Å². The van der Waals surface area contributed by atoms with Crippen molar-refractivity contribution in [2.45, 2.75) is 20.3 Å². The third-order valence-corrected chi connectivity index (χ3v) is 1.88. The Bertz CT molecular complexity index is 93.1. The Morgan fingerprint density at radius 2 is 2.33 bits per heavy atom. The zero-order valence-electron chi connectivity index (χ0n) is 5.92. The van der Waals surface area contributed by atoms with E-state index in [0.29, 0.717) is 0 Å². The molecule has 0 radical (unpaired) electrons. The molecule has 0 bridgehead atoms. The van der Waals surface area contributed by atoms with E-state index in [1.807, 2.05) is 18.7 Å². The minimum Gasteiger partial charge on any atom is -0.411 e. The predicted octanol–water partition coefficient (Wildman–Crippen LogP) is 1.98. The molecule has 0 unspecified atom stereocenters. The molecule has 0 aromatic heterocycles. The van der Waals surface area contributed by atoms with Gasteiger partial charge in [-0.25, -0.2) is 0 Å². The van der Waals surface area contributed by atoms with Crippen molar-refractivity contribution in [2.75, 3.05) is 11.5 Å². The van der Waals surface area contributed by atoms with Crippen LogP contribution in [0.25, 0.3) is 0 Å². The summed E-state index contributed by atoms with van der Waals surface area (Å²) < 4.78 is 0. The van der Waals surface area contributed by atoms with Crippen molar-refractivity contribution in [3.8, 4) is 0 Å². The summed E-state index contributed by atoms with van der Waals surface area (Å²) >= 11 is 1.86. The molecule has 54 valence electrons. The second-order valence-corrected chi connectivity index (χ2v) is 3.18. The predicted molar refractivity (Wildman–Crippen MR) is 42.5 cm³/mol. The van der Waals surface area contributed by atoms with Crippen molar-refractivity contribution >= 4 is 17.5 Å². The fourth-order valence-electron chi connectivity index (χ4n) is 0.414. The molecule has 1 N–H and O–H groups in total. The lowest BCUT2D eigenvalue weighted by molar-refractivity contribution is 0.317. The summed E-state index contributed by atoms with van der Waals surface area (Å²) in [7, 11) is 0. The summed E-state index contributed by atoms with van der Waals surface area (Å²) in [5.41, 5.74) is 0.816. The van der Waals surface area contributed by atoms with Crippen LogP contribution >= 0.6 is 11.8 Å². The summed E-state index contributed by atoms with van der Waals surface area (Å²) in [6, 6.07) is 0. The highest BCUT2D eigenvalue weighted by Crippen LogP contribution is 2.01. The highest BCUT2D eigenvalue weighted by molar-refractivity contribution is 7.99. The normalized spacial score (nSPS) is 12.0. The van der Waals surface area contributed by atoms with Crippen molar-refractivity contribution in [1.82, 2.24) is 0 Å². The first-order valence-corrected chi connectivity index (χ1v) is 4.22. The topological polar surface area (TPSA) is 32.6 Å². The van der Waals surface area contributed by atoms with Crippen LogP contribution in [0.15, 0.2) is 5.16 Å². The number of rotatable bonds is 4. The largest absolute Gasteiger partial charge is 0.411 e. The minimum atomic E-state index is 0.816. The minimum absolute atomic E-state index is 0.816. The SMILES string of the molecule is CCSCC/C(C)=N/O. The molecular formula is C6H13NOS. The van der Waals surface area contributed by atoms with Crippen molar-refractivity contribution in [1.29, 1.82) is 0 Å². The van der Waals surface area contributed by atoms with Crippen LogP contribution in [0.3, 0.4) is 0 Å². The smallest absolute Gasteiger partial charge is 0.0548 e. The number of thioether (sulfide) groups is 1. The van der Waals surface area contributed by atoms with Gasteiger partial charge in [0.05, 0.1) is 5.71 Å². The van der Waals surface area contributed by atoms with Gasteiger partial charge >= 0.3 is 0 Å². The summed E-state index contributed by atoms with van der Waals surface area (Å²) in [4.78, 5) is 0. The van der Waals surface area contributed by atoms with Crippen LogP contribution in [-0.2, 0) is 0 Å². The van der Waals surface area contributed by atoms with Gasteiger partial charge in [0.2, 0.25) is 0 Å². The van der Waals surface area contributed by atoms with Crippen LogP contribution < -0.4 is 0 Å². The van der Waals surface area contributed by atoms with E-state index in [2.05, 4.69) is 12.1 Å². The molecule has 0 heterocycles. The van der Waals surface area contributed by atoms with Gasteiger partial charge < -0.3 is 5.21 Å². The van der Waals surface area contributed by atoms with Gasteiger partial charge in [-0.3, -0.25) is 0 Å². The van der Waals surface area contributed by atoms with Crippen LogP contribution in [-0.4, -0.2) is 22.4 Å². The van der Waals surface area contributed by atoms with Crippen molar-refractivity contribution < 1.29 is 5.21 Å². The van der Waals surface area contributed by atoms with Gasteiger partial charge in [0, 0.05) is 0 Å². The van der Waals surface area contributed by atoms with E-state index in [0.717, 1.165) is 23.6 Å². The molecule has 0 atom stereocenters. The van der Waals surface area contributed by atoms with E-state index in [1.165, 1.54) is 0 Å². The van der Waals surface area contributed by atoms with Crippen molar-refractivity contribution in [3.05, 3.63) is 0 Å². The molecule has 0 saturated heterocycles. The Balaban J connectivity index is 3.07. The number of hydrogen-bond acceptors (Lipinski definition) is 3. The molecule has 0 fully saturated rings. The Labute approximate surface area is 60.3 Å². The van der Waals surface area contributed by atoms with E-state index in [4.69, 9.17) is 5.21 Å². The highest BCUT2D eigenvalue weighted by Gasteiger charge is 1.89. The van der Waals surface area contributed by atoms with Gasteiger partial charge in [0.25, 0.3) is 0 Å². The lowest BCUT2D eigenvalue weighted by Crippen LogP contribution is -1.92. The maximum Gasteiger partial charge on any atom is 0.0548 e. The van der Waals surface area contributed by atoms with E-state index in [1.54, 1.807) is 0 Å². The zero-order chi connectivity index (χ0) is 7.11. The van der Waals surface area contributed by atoms with Gasteiger partial charge in [0.1, 0.15) is 0 Å². The lowest BCUT2D eigenvalue weighted by atomic mass is 10.3. The van der Waals surface area contributed by atoms with E-state index >= 15 is 0 Å². The molecule has 0 saturated carbocycles. The van der Waals surface area contributed by atoms with Gasteiger partial charge in [-0.1, -0.05) is 12.1 Å². The molecule has 2 nitrogen and oxygen atoms in total. The quantitative estimate of drug-likeness (QED) is 0.285. The molecule has 0 aliphatic carbocycles.